The zero-order valence-electron chi connectivity index (χ0n) is 12.9. The van der Waals surface area contributed by atoms with E-state index in [4.69, 9.17) is 0 Å². The summed E-state index contributed by atoms with van der Waals surface area (Å²) >= 11 is 0. The van der Waals surface area contributed by atoms with Crippen molar-refractivity contribution in [3.05, 3.63) is 59.7 Å². The molecule has 0 unspecified atom stereocenters. The van der Waals surface area contributed by atoms with Crippen molar-refractivity contribution in [3.8, 4) is 11.1 Å². The quantitative estimate of drug-likeness (QED) is 0.624. The normalized spacial score (nSPS) is 10.0. The van der Waals surface area contributed by atoms with E-state index in [9.17, 15) is 0 Å². The summed E-state index contributed by atoms with van der Waals surface area (Å²) in [4.78, 5) is 0. The third kappa shape index (κ3) is 3.96. The average molecular weight is 254 g/mol. The molecule has 0 saturated carbocycles. The van der Waals surface area contributed by atoms with Gasteiger partial charge in [-0.25, -0.2) is 0 Å². The van der Waals surface area contributed by atoms with Gasteiger partial charge in [-0.3, -0.25) is 0 Å². The molecule has 0 radical (unpaired) electrons. The van der Waals surface area contributed by atoms with Crippen LogP contribution in [0.5, 0.6) is 0 Å². The van der Waals surface area contributed by atoms with Crippen LogP contribution in [0.25, 0.3) is 11.1 Å². The van der Waals surface area contributed by atoms with Gasteiger partial charge in [0.2, 0.25) is 0 Å². The fraction of sp³-hybridized carbons (Fsp3) is 0.368. The van der Waals surface area contributed by atoms with Crippen molar-refractivity contribution >= 4 is 0 Å². The maximum absolute atomic E-state index is 2.31. The monoisotopic (exact) mass is 254 g/mol. The van der Waals surface area contributed by atoms with Gasteiger partial charge in [-0.15, -0.1) is 0 Å². The van der Waals surface area contributed by atoms with Gasteiger partial charge in [0.05, 0.1) is 0 Å². The molecule has 0 N–H and O–H groups in total. The van der Waals surface area contributed by atoms with Gasteiger partial charge in [0.15, 0.2) is 0 Å². The predicted octanol–water partition coefficient (Wildman–Crippen LogP) is 6.07. The first kappa shape index (κ1) is 15.5. The number of aryl methyl sites for hydroxylation is 1. The minimum absolute atomic E-state index is 0.566. The van der Waals surface area contributed by atoms with E-state index in [0.29, 0.717) is 5.92 Å². The number of hydrogen-bond acceptors (Lipinski definition) is 0. The molecule has 2 aromatic carbocycles. The fourth-order valence-electron chi connectivity index (χ4n) is 2.22. The molecule has 0 aliphatic rings. The molecule has 0 heterocycles. The second-order valence-corrected chi connectivity index (χ2v) is 4.80. The second kappa shape index (κ2) is 7.78. The Balaban J connectivity index is 0.000000861. The Bertz CT molecular complexity index is 495. The van der Waals surface area contributed by atoms with Gasteiger partial charge in [-0.2, -0.15) is 0 Å². The molecular weight excluding hydrogens is 228 g/mol. The number of rotatable bonds is 3. The van der Waals surface area contributed by atoms with Gasteiger partial charge >= 0.3 is 0 Å². The molecule has 2 aromatic rings. The maximum atomic E-state index is 2.31. The molecule has 0 aromatic heterocycles. The fourth-order valence-corrected chi connectivity index (χ4v) is 2.22. The van der Waals surface area contributed by atoms with Gasteiger partial charge < -0.3 is 0 Å². The van der Waals surface area contributed by atoms with Gasteiger partial charge in [0, 0.05) is 0 Å². The van der Waals surface area contributed by atoms with Crippen LogP contribution in [0.3, 0.4) is 0 Å². The van der Waals surface area contributed by atoms with Crippen molar-refractivity contribution in [1.82, 2.24) is 0 Å². The Morgan fingerprint density at radius 3 is 2.21 bits per heavy atom. The van der Waals surface area contributed by atoms with Crippen molar-refractivity contribution in [2.45, 2.75) is 47.0 Å². The van der Waals surface area contributed by atoms with E-state index in [1.54, 1.807) is 0 Å². The average Bonchev–Trinajstić information content (AvgIpc) is 2.49. The number of benzene rings is 2. The lowest BCUT2D eigenvalue weighted by Crippen LogP contribution is -1.92. The summed E-state index contributed by atoms with van der Waals surface area (Å²) in [5, 5.41) is 0. The van der Waals surface area contributed by atoms with Gasteiger partial charge in [0.1, 0.15) is 0 Å². The van der Waals surface area contributed by atoms with E-state index in [1.807, 2.05) is 13.8 Å². The molecule has 0 atom stereocenters. The molecule has 19 heavy (non-hydrogen) atoms. The standard InChI is InChI=1S/C17H20.C2H6/c1-4-14-8-7-9-15(12-14)17-11-6-5-10-16(17)13(2)3;1-2/h5-13H,4H2,1-3H3;1-2H3. The van der Waals surface area contributed by atoms with E-state index in [1.165, 1.54) is 22.3 Å². The van der Waals surface area contributed by atoms with Crippen LogP contribution in [0, 0.1) is 0 Å². The largest absolute Gasteiger partial charge is 0.0683 e. The molecule has 0 saturated heterocycles. The highest BCUT2D eigenvalue weighted by Gasteiger charge is 2.07. The highest BCUT2D eigenvalue weighted by Crippen LogP contribution is 2.29. The van der Waals surface area contributed by atoms with Gasteiger partial charge in [-0.05, 0) is 34.6 Å². The molecule has 0 aliphatic heterocycles. The molecule has 0 heteroatoms. The van der Waals surface area contributed by atoms with E-state index in [2.05, 4.69) is 69.3 Å². The smallest absolute Gasteiger partial charge is 0.0149 e. The lowest BCUT2D eigenvalue weighted by Gasteiger charge is -2.13. The van der Waals surface area contributed by atoms with Crippen molar-refractivity contribution in [3.63, 3.8) is 0 Å². The Morgan fingerprint density at radius 2 is 1.58 bits per heavy atom. The first-order chi connectivity index (χ1) is 9.22. The lowest BCUT2D eigenvalue weighted by molar-refractivity contribution is 0.869. The van der Waals surface area contributed by atoms with Gasteiger partial charge in [-0.1, -0.05) is 83.1 Å². The molecule has 0 spiro atoms. The van der Waals surface area contributed by atoms with E-state index < -0.39 is 0 Å². The van der Waals surface area contributed by atoms with Crippen LogP contribution in [0.1, 0.15) is 51.7 Å². The van der Waals surface area contributed by atoms with E-state index >= 15 is 0 Å². The summed E-state index contributed by atoms with van der Waals surface area (Å²) in [6.45, 7) is 10.7. The van der Waals surface area contributed by atoms with Crippen LogP contribution in [-0.4, -0.2) is 0 Å². The molecular formula is C19H26. The molecule has 0 amide bonds. The summed E-state index contributed by atoms with van der Waals surface area (Å²) in [5.74, 6) is 0.566. The third-order valence-corrected chi connectivity index (χ3v) is 3.23. The van der Waals surface area contributed by atoms with Crippen molar-refractivity contribution < 1.29 is 0 Å². The zero-order valence-corrected chi connectivity index (χ0v) is 12.9. The number of hydrogen-bond donors (Lipinski definition) is 0. The molecule has 0 aliphatic carbocycles. The highest BCUT2D eigenvalue weighted by atomic mass is 14.1. The van der Waals surface area contributed by atoms with Crippen LogP contribution < -0.4 is 0 Å². The Kier molecular flexibility index (Phi) is 6.35. The minimum Gasteiger partial charge on any atom is -0.0683 e. The minimum atomic E-state index is 0.566. The van der Waals surface area contributed by atoms with Crippen molar-refractivity contribution in [1.29, 1.82) is 0 Å². The topological polar surface area (TPSA) is 0 Å². The molecule has 0 nitrogen and oxygen atoms in total. The van der Waals surface area contributed by atoms with Crippen LogP contribution in [0.4, 0.5) is 0 Å². The van der Waals surface area contributed by atoms with Crippen LogP contribution in [0.2, 0.25) is 0 Å². The van der Waals surface area contributed by atoms with Crippen molar-refractivity contribution in [2.75, 3.05) is 0 Å². The summed E-state index contributed by atoms with van der Waals surface area (Å²) < 4.78 is 0. The summed E-state index contributed by atoms with van der Waals surface area (Å²) in [6, 6.07) is 17.6. The maximum Gasteiger partial charge on any atom is -0.0149 e. The lowest BCUT2D eigenvalue weighted by atomic mass is 9.92. The first-order valence-corrected chi connectivity index (χ1v) is 7.40. The van der Waals surface area contributed by atoms with E-state index in [-0.39, 0.29) is 0 Å². The summed E-state index contributed by atoms with van der Waals surface area (Å²) in [7, 11) is 0. The van der Waals surface area contributed by atoms with Crippen LogP contribution >= 0.6 is 0 Å². The van der Waals surface area contributed by atoms with Crippen LogP contribution in [0.15, 0.2) is 48.5 Å². The Morgan fingerprint density at radius 1 is 0.895 bits per heavy atom. The Labute approximate surface area is 118 Å². The SMILES string of the molecule is CC.CCc1cccc(-c2ccccc2C(C)C)c1. The molecule has 2 rings (SSSR count). The third-order valence-electron chi connectivity index (χ3n) is 3.23. The highest BCUT2D eigenvalue weighted by molar-refractivity contribution is 5.68. The summed E-state index contributed by atoms with van der Waals surface area (Å²) in [6.07, 6.45) is 1.09. The molecule has 0 fully saturated rings. The first-order valence-electron chi connectivity index (χ1n) is 7.40. The van der Waals surface area contributed by atoms with E-state index in [0.717, 1.165) is 6.42 Å². The second-order valence-electron chi connectivity index (χ2n) is 4.80. The zero-order chi connectivity index (χ0) is 14.3. The summed E-state index contributed by atoms with van der Waals surface area (Å²) in [5.41, 5.74) is 5.55. The molecule has 102 valence electrons. The van der Waals surface area contributed by atoms with Crippen molar-refractivity contribution in [2.24, 2.45) is 0 Å². The Hall–Kier alpha value is -1.56. The molecule has 0 bridgehead atoms. The van der Waals surface area contributed by atoms with Crippen LogP contribution in [-0.2, 0) is 6.42 Å². The predicted molar refractivity (Wildman–Crippen MR) is 86.7 cm³/mol. The van der Waals surface area contributed by atoms with Gasteiger partial charge in [0.25, 0.3) is 0 Å².